The number of benzene rings is 1. The van der Waals surface area contributed by atoms with Crippen molar-refractivity contribution in [1.82, 2.24) is 0 Å². The van der Waals surface area contributed by atoms with Crippen molar-refractivity contribution in [3.05, 3.63) is 35.9 Å². The molecule has 1 saturated heterocycles. The lowest BCUT2D eigenvalue weighted by Gasteiger charge is -2.32. The highest BCUT2D eigenvalue weighted by atomic mass is 16.7. The van der Waals surface area contributed by atoms with Gasteiger partial charge >= 0.3 is 0 Å². The lowest BCUT2D eigenvalue weighted by Crippen LogP contribution is -2.38. The largest absolute Gasteiger partial charge is 0.393 e. The maximum Gasteiger partial charge on any atom is 0.160 e. The first-order valence-corrected chi connectivity index (χ1v) is 6.26. The molecule has 2 rings (SSSR count). The van der Waals surface area contributed by atoms with Gasteiger partial charge in [0.25, 0.3) is 0 Å². The summed E-state index contributed by atoms with van der Waals surface area (Å²) in [7, 11) is 1.59. The molecule has 4 heteroatoms. The van der Waals surface area contributed by atoms with Gasteiger partial charge < -0.3 is 19.3 Å². The SMILES string of the molecule is CO[C@H]1C[C@@H](O)C[C@H](COCc2ccccc2)O1. The molecule has 0 bridgehead atoms. The van der Waals surface area contributed by atoms with Crippen LogP contribution in [0.5, 0.6) is 0 Å². The Morgan fingerprint density at radius 1 is 1.28 bits per heavy atom. The van der Waals surface area contributed by atoms with Crippen LogP contribution in [-0.2, 0) is 20.8 Å². The Balaban J connectivity index is 1.73. The van der Waals surface area contributed by atoms with E-state index in [1.54, 1.807) is 7.11 Å². The number of aliphatic hydroxyl groups excluding tert-OH is 1. The van der Waals surface area contributed by atoms with E-state index < -0.39 is 0 Å². The first kappa shape index (κ1) is 13.5. The molecule has 0 radical (unpaired) electrons. The first-order chi connectivity index (χ1) is 8.78. The van der Waals surface area contributed by atoms with Gasteiger partial charge in [-0.2, -0.15) is 0 Å². The summed E-state index contributed by atoms with van der Waals surface area (Å²) >= 11 is 0. The van der Waals surface area contributed by atoms with Gasteiger partial charge in [-0.25, -0.2) is 0 Å². The van der Waals surface area contributed by atoms with Crippen LogP contribution in [0.15, 0.2) is 30.3 Å². The molecule has 1 heterocycles. The predicted octanol–water partition coefficient (Wildman–Crippen LogP) is 1.72. The molecular formula is C14H20O4. The topological polar surface area (TPSA) is 47.9 Å². The molecule has 1 aliphatic heterocycles. The van der Waals surface area contributed by atoms with E-state index in [2.05, 4.69) is 0 Å². The minimum atomic E-state index is -0.367. The van der Waals surface area contributed by atoms with Crippen molar-refractivity contribution >= 4 is 0 Å². The van der Waals surface area contributed by atoms with Gasteiger partial charge in [-0.05, 0) is 5.56 Å². The number of methoxy groups -OCH3 is 1. The zero-order chi connectivity index (χ0) is 12.8. The van der Waals surface area contributed by atoms with Crippen LogP contribution in [-0.4, -0.2) is 37.3 Å². The average Bonchev–Trinajstić information content (AvgIpc) is 2.39. The van der Waals surface area contributed by atoms with Crippen LogP contribution < -0.4 is 0 Å². The highest BCUT2D eigenvalue weighted by molar-refractivity contribution is 5.13. The van der Waals surface area contributed by atoms with Crippen molar-refractivity contribution in [3.63, 3.8) is 0 Å². The van der Waals surface area contributed by atoms with Gasteiger partial charge in [0.15, 0.2) is 6.29 Å². The molecule has 1 fully saturated rings. The quantitative estimate of drug-likeness (QED) is 0.866. The Bertz CT molecular complexity index is 341. The summed E-state index contributed by atoms with van der Waals surface area (Å²) in [5.41, 5.74) is 1.14. The lowest BCUT2D eigenvalue weighted by molar-refractivity contribution is -0.214. The van der Waals surface area contributed by atoms with Crippen LogP contribution in [0.3, 0.4) is 0 Å². The fraction of sp³-hybridized carbons (Fsp3) is 0.571. The van der Waals surface area contributed by atoms with Crippen LogP contribution in [0.2, 0.25) is 0 Å². The van der Waals surface area contributed by atoms with E-state index in [9.17, 15) is 5.11 Å². The minimum Gasteiger partial charge on any atom is -0.393 e. The number of hydrogen-bond acceptors (Lipinski definition) is 4. The van der Waals surface area contributed by atoms with Gasteiger partial charge in [0.1, 0.15) is 0 Å². The molecule has 1 aromatic rings. The Morgan fingerprint density at radius 3 is 2.78 bits per heavy atom. The molecule has 3 atom stereocenters. The third-order valence-electron chi connectivity index (χ3n) is 3.02. The fourth-order valence-electron chi connectivity index (χ4n) is 2.09. The molecule has 1 aliphatic rings. The smallest absolute Gasteiger partial charge is 0.160 e. The Hall–Kier alpha value is -0.940. The molecule has 0 aromatic heterocycles. The standard InChI is InChI=1S/C14H20O4/c1-16-14-8-12(15)7-13(18-14)10-17-9-11-5-3-2-4-6-11/h2-6,12-15H,7-10H2,1H3/t12-,13+,14+/m0/s1. The third-order valence-corrected chi connectivity index (χ3v) is 3.02. The van der Waals surface area contributed by atoms with Crippen molar-refractivity contribution in [2.45, 2.75) is 37.9 Å². The van der Waals surface area contributed by atoms with Crippen molar-refractivity contribution in [2.75, 3.05) is 13.7 Å². The molecule has 4 nitrogen and oxygen atoms in total. The number of rotatable bonds is 5. The number of hydrogen-bond donors (Lipinski definition) is 1. The van der Waals surface area contributed by atoms with Crippen molar-refractivity contribution in [1.29, 1.82) is 0 Å². The summed E-state index contributed by atoms with van der Waals surface area (Å²) in [4.78, 5) is 0. The van der Waals surface area contributed by atoms with Crippen LogP contribution in [0.1, 0.15) is 18.4 Å². The van der Waals surface area contributed by atoms with Gasteiger partial charge in [-0.1, -0.05) is 30.3 Å². The van der Waals surface area contributed by atoms with E-state index in [1.807, 2.05) is 30.3 Å². The Kier molecular flexibility index (Phi) is 5.13. The van der Waals surface area contributed by atoms with E-state index in [1.165, 1.54) is 0 Å². The minimum absolute atomic E-state index is 0.0950. The maximum absolute atomic E-state index is 9.68. The molecule has 0 unspecified atom stereocenters. The van der Waals surface area contributed by atoms with E-state index in [0.717, 1.165) is 5.56 Å². The summed E-state index contributed by atoms with van der Waals surface area (Å²) in [6.07, 6.45) is 0.357. The molecule has 1 aromatic carbocycles. The second kappa shape index (κ2) is 6.85. The summed E-state index contributed by atoms with van der Waals surface area (Å²) in [6.45, 7) is 1.04. The molecule has 0 amide bonds. The average molecular weight is 252 g/mol. The molecule has 0 saturated carbocycles. The normalized spacial score (nSPS) is 28.2. The van der Waals surface area contributed by atoms with Gasteiger partial charge in [0.05, 0.1) is 25.4 Å². The van der Waals surface area contributed by atoms with Crippen LogP contribution >= 0.6 is 0 Å². The van der Waals surface area contributed by atoms with Crippen LogP contribution in [0.25, 0.3) is 0 Å². The van der Waals surface area contributed by atoms with E-state index in [0.29, 0.717) is 26.1 Å². The highest BCUT2D eigenvalue weighted by Gasteiger charge is 2.28. The second-order valence-corrected chi connectivity index (χ2v) is 4.55. The second-order valence-electron chi connectivity index (χ2n) is 4.55. The van der Waals surface area contributed by atoms with Crippen molar-refractivity contribution in [2.24, 2.45) is 0 Å². The number of ether oxygens (including phenoxy) is 3. The van der Waals surface area contributed by atoms with Gasteiger partial charge in [-0.15, -0.1) is 0 Å². The molecular weight excluding hydrogens is 232 g/mol. The molecule has 18 heavy (non-hydrogen) atoms. The van der Waals surface area contributed by atoms with Crippen molar-refractivity contribution < 1.29 is 19.3 Å². The van der Waals surface area contributed by atoms with Crippen LogP contribution in [0, 0.1) is 0 Å². The monoisotopic (exact) mass is 252 g/mol. The van der Waals surface area contributed by atoms with E-state index in [4.69, 9.17) is 14.2 Å². The van der Waals surface area contributed by atoms with Crippen molar-refractivity contribution in [3.8, 4) is 0 Å². The first-order valence-electron chi connectivity index (χ1n) is 6.26. The Morgan fingerprint density at radius 2 is 2.06 bits per heavy atom. The lowest BCUT2D eigenvalue weighted by atomic mass is 10.1. The summed E-state index contributed by atoms with van der Waals surface area (Å²) in [6, 6.07) is 10.00. The van der Waals surface area contributed by atoms with Gasteiger partial charge in [-0.3, -0.25) is 0 Å². The van der Waals surface area contributed by atoms with Gasteiger partial charge in [0, 0.05) is 20.0 Å². The van der Waals surface area contributed by atoms with E-state index >= 15 is 0 Å². The number of aliphatic hydroxyl groups is 1. The molecule has 0 spiro atoms. The predicted molar refractivity (Wildman–Crippen MR) is 67.0 cm³/mol. The van der Waals surface area contributed by atoms with Crippen LogP contribution in [0.4, 0.5) is 0 Å². The zero-order valence-corrected chi connectivity index (χ0v) is 10.6. The fourth-order valence-corrected chi connectivity index (χ4v) is 2.09. The highest BCUT2D eigenvalue weighted by Crippen LogP contribution is 2.20. The zero-order valence-electron chi connectivity index (χ0n) is 10.6. The molecule has 1 N–H and O–H groups in total. The molecule has 100 valence electrons. The Labute approximate surface area is 107 Å². The van der Waals surface area contributed by atoms with Gasteiger partial charge in [0.2, 0.25) is 0 Å². The third kappa shape index (κ3) is 4.07. The summed E-state index contributed by atoms with van der Waals surface area (Å²) in [5.74, 6) is 0. The summed E-state index contributed by atoms with van der Waals surface area (Å²) in [5, 5.41) is 9.68. The molecule has 0 aliphatic carbocycles. The van der Waals surface area contributed by atoms with E-state index in [-0.39, 0.29) is 18.5 Å². The maximum atomic E-state index is 9.68. The summed E-state index contributed by atoms with van der Waals surface area (Å²) < 4.78 is 16.4.